The number of nitrogens with zero attached hydrogens (tertiary/aromatic N) is 2. The topological polar surface area (TPSA) is 49.9 Å². The standard InChI is InChI=1S/C13H16N2O3S2/c1-3-14-9-7-15(20-13-8(9)5-6-19-13)10(11(14)16)12(17)18-4-2/h5-6,9-10H,3-4,7H2,1-2H3. The number of esters is 1. The molecule has 0 spiro atoms. The molecule has 1 aromatic heterocycles. The first kappa shape index (κ1) is 13.9. The molecule has 7 heteroatoms. The molecule has 2 aliphatic rings. The van der Waals surface area contributed by atoms with E-state index in [4.69, 9.17) is 4.74 Å². The maximum Gasteiger partial charge on any atom is 0.334 e. The summed E-state index contributed by atoms with van der Waals surface area (Å²) < 4.78 is 8.11. The van der Waals surface area contributed by atoms with Crippen molar-refractivity contribution in [3.8, 4) is 0 Å². The number of hydrogen-bond acceptors (Lipinski definition) is 6. The quantitative estimate of drug-likeness (QED) is 0.485. The Kier molecular flexibility index (Phi) is 3.74. The van der Waals surface area contributed by atoms with Crippen LogP contribution in [0.3, 0.4) is 0 Å². The molecule has 1 saturated heterocycles. The number of hydrogen-bond donors (Lipinski definition) is 0. The van der Waals surface area contributed by atoms with E-state index in [2.05, 4.69) is 6.07 Å². The van der Waals surface area contributed by atoms with Gasteiger partial charge in [0.05, 0.1) is 16.9 Å². The van der Waals surface area contributed by atoms with Crippen molar-refractivity contribution >= 4 is 35.2 Å². The van der Waals surface area contributed by atoms with Crippen molar-refractivity contribution in [1.29, 1.82) is 0 Å². The van der Waals surface area contributed by atoms with Crippen LogP contribution in [0.4, 0.5) is 0 Å². The minimum Gasteiger partial charge on any atom is -0.464 e. The molecule has 1 aromatic rings. The van der Waals surface area contributed by atoms with Gasteiger partial charge in [-0.1, -0.05) is 0 Å². The molecule has 20 heavy (non-hydrogen) atoms. The van der Waals surface area contributed by atoms with E-state index in [1.807, 2.05) is 16.6 Å². The summed E-state index contributed by atoms with van der Waals surface area (Å²) in [4.78, 5) is 26.5. The van der Waals surface area contributed by atoms with Gasteiger partial charge in [0.1, 0.15) is 0 Å². The maximum absolute atomic E-state index is 12.6. The fraction of sp³-hybridized carbons (Fsp3) is 0.538. The third kappa shape index (κ3) is 2.04. The predicted octanol–water partition coefficient (Wildman–Crippen LogP) is 1.91. The Morgan fingerprint density at radius 1 is 1.50 bits per heavy atom. The summed E-state index contributed by atoms with van der Waals surface area (Å²) in [6.45, 7) is 5.28. The Morgan fingerprint density at radius 3 is 3.00 bits per heavy atom. The first-order valence-corrected chi connectivity index (χ1v) is 8.31. The molecule has 3 atom stereocenters. The van der Waals surface area contributed by atoms with E-state index >= 15 is 0 Å². The lowest BCUT2D eigenvalue weighted by atomic mass is 10.0. The van der Waals surface area contributed by atoms with Crippen LogP contribution < -0.4 is 0 Å². The monoisotopic (exact) mass is 312 g/mol. The second-order valence-corrected chi connectivity index (χ2v) is 6.88. The van der Waals surface area contributed by atoms with E-state index < -0.39 is 12.0 Å². The van der Waals surface area contributed by atoms with Crippen LogP contribution in [0.15, 0.2) is 15.7 Å². The van der Waals surface area contributed by atoms with Crippen LogP contribution in [-0.4, -0.2) is 46.8 Å². The largest absolute Gasteiger partial charge is 0.464 e. The molecule has 0 N–H and O–H groups in total. The fourth-order valence-electron chi connectivity index (χ4n) is 2.71. The first-order valence-electron chi connectivity index (χ1n) is 6.66. The van der Waals surface area contributed by atoms with Crippen LogP contribution in [-0.2, 0) is 14.3 Å². The second-order valence-electron chi connectivity index (χ2n) is 4.65. The Bertz CT molecular complexity index is 545. The van der Waals surface area contributed by atoms with Crippen LogP contribution in [0.1, 0.15) is 25.5 Å². The highest BCUT2D eigenvalue weighted by Gasteiger charge is 2.48. The summed E-state index contributed by atoms with van der Waals surface area (Å²) in [5.41, 5.74) is 1.20. The minimum absolute atomic E-state index is 0.0562. The third-order valence-corrected chi connectivity index (χ3v) is 5.83. The molecule has 108 valence electrons. The molecule has 1 fully saturated rings. The van der Waals surface area contributed by atoms with E-state index in [-0.39, 0.29) is 11.9 Å². The van der Waals surface area contributed by atoms with Crippen molar-refractivity contribution in [3.63, 3.8) is 0 Å². The average Bonchev–Trinajstić information content (AvgIpc) is 2.87. The van der Waals surface area contributed by atoms with Crippen molar-refractivity contribution in [2.24, 2.45) is 0 Å². The number of ether oxygens (including phenoxy) is 1. The highest BCUT2D eigenvalue weighted by molar-refractivity contribution is 7.99. The molecular formula is C13H16N2O3S2. The lowest BCUT2D eigenvalue weighted by molar-refractivity contribution is -0.159. The number of amides is 1. The number of likely N-dealkylation sites (N-methyl/N-ethyl adjacent to an activating group) is 1. The molecule has 0 aromatic carbocycles. The van der Waals surface area contributed by atoms with Gasteiger partial charge in [-0.3, -0.25) is 4.79 Å². The van der Waals surface area contributed by atoms with E-state index in [9.17, 15) is 9.59 Å². The lowest BCUT2D eigenvalue weighted by Crippen LogP contribution is -2.60. The molecule has 3 unspecified atom stereocenters. The van der Waals surface area contributed by atoms with Crippen molar-refractivity contribution in [2.45, 2.75) is 30.1 Å². The highest BCUT2D eigenvalue weighted by atomic mass is 32.2. The van der Waals surface area contributed by atoms with Crippen LogP contribution in [0, 0.1) is 0 Å². The Morgan fingerprint density at radius 2 is 2.30 bits per heavy atom. The number of carbonyl (C=O) groups is 2. The Hall–Kier alpha value is -1.05. The molecule has 2 aliphatic heterocycles. The van der Waals surface area contributed by atoms with Gasteiger partial charge in [0, 0.05) is 18.7 Å². The van der Waals surface area contributed by atoms with E-state index in [0.717, 1.165) is 0 Å². The molecule has 1 amide bonds. The van der Waals surface area contributed by atoms with Crippen LogP contribution >= 0.6 is 23.3 Å². The Balaban J connectivity index is 1.97. The van der Waals surface area contributed by atoms with Gasteiger partial charge in [0.2, 0.25) is 0 Å². The Labute approximate surface area is 126 Å². The van der Waals surface area contributed by atoms with Gasteiger partial charge in [0.25, 0.3) is 5.91 Å². The number of carbonyl (C=O) groups excluding carboxylic acids is 2. The lowest BCUT2D eigenvalue weighted by Gasteiger charge is -2.46. The van der Waals surface area contributed by atoms with Gasteiger partial charge in [-0.2, -0.15) is 0 Å². The van der Waals surface area contributed by atoms with Crippen molar-refractivity contribution in [3.05, 3.63) is 17.0 Å². The normalized spacial score (nSPS) is 28.2. The predicted molar refractivity (Wildman–Crippen MR) is 77.4 cm³/mol. The zero-order valence-corrected chi connectivity index (χ0v) is 13.0. The molecule has 0 saturated carbocycles. The average molecular weight is 312 g/mol. The van der Waals surface area contributed by atoms with Crippen molar-refractivity contribution in [1.82, 2.24) is 9.21 Å². The van der Waals surface area contributed by atoms with Gasteiger partial charge in [-0.25, -0.2) is 9.10 Å². The van der Waals surface area contributed by atoms with Gasteiger partial charge in [-0.15, -0.1) is 11.3 Å². The highest BCUT2D eigenvalue weighted by Crippen LogP contribution is 2.46. The second kappa shape index (κ2) is 5.38. The molecule has 0 aliphatic carbocycles. The van der Waals surface area contributed by atoms with Crippen molar-refractivity contribution in [2.75, 3.05) is 19.7 Å². The van der Waals surface area contributed by atoms with E-state index in [1.54, 1.807) is 23.2 Å². The summed E-state index contributed by atoms with van der Waals surface area (Å²) in [6, 6.07) is 1.32. The van der Waals surface area contributed by atoms with Crippen molar-refractivity contribution < 1.29 is 14.3 Å². The molecule has 0 radical (unpaired) electrons. The van der Waals surface area contributed by atoms with E-state index in [1.165, 1.54) is 21.7 Å². The smallest absolute Gasteiger partial charge is 0.334 e. The maximum atomic E-state index is 12.6. The fourth-order valence-corrected chi connectivity index (χ4v) is 5.04. The summed E-state index contributed by atoms with van der Waals surface area (Å²) >= 11 is 3.15. The molecule has 3 rings (SSSR count). The zero-order valence-electron chi connectivity index (χ0n) is 11.4. The number of rotatable bonds is 3. The minimum atomic E-state index is -0.814. The molecule has 5 nitrogen and oxygen atoms in total. The van der Waals surface area contributed by atoms with Gasteiger partial charge in [0.15, 0.2) is 6.04 Å². The van der Waals surface area contributed by atoms with Crippen LogP contribution in [0.2, 0.25) is 0 Å². The third-order valence-electron chi connectivity index (χ3n) is 3.60. The summed E-state index contributed by atoms with van der Waals surface area (Å²) in [6.07, 6.45) is 0. The number of piperazine rings is 1. The van der Waals surface area contributed by atoms with E-state index in [0.29, 0.717) is 19.7 Å². The zero-order chi connectivity index (χ0) is 14.3. The molecule has 3 heterocycles. The molecular weight excluding hydrogens is 296 g/mol. The first-order chi connectivity index (χ1) is 9.67. The van der Waals surface area contributed by atoms with Gasteiger partial charge >= 0.3 is 5.97 Å². The van der Waals surface area contributed by atoms with Gasteiger partial charge < -0.3 is 9.64 Å². The van der Waals surface area contributed by atoms with Crippen LogP contribution in [0.5, 0.6) is 0 Å². The summed E-state index contributed by atoms with van der Waals surface area (Å²) in [5, 5.41) is 2.04. The number of fused-ring (bicyclic) bond motifs is 4. The number of thiophene rings is 1. The summed E-state index contributed by atoms with van der Waals surface area (Å²) in [5.74, 6) is -0.589. The van der Waals surface area contributed by atoms with Crippen LogP contribution in [0.25, 0.3) is 0 Å². The summed E-state index contributed by atoms with van der Waals surface area (Å²) in [7, 11) is 0. The molecule has 2 bridgehead atoms. The van der Waals surface area contributed by atoms with Gasteiger partial charge in [-0.05, 0) is 37.2 Å². The SMILES string of the molecule is CCOC(=O)C1C(=O)N(CC)C2CN1Sc1sccc12.